The van der Waals surface area contributed by atoms with Gasteiger partial charge in [-0.1, -0.05) is 6.07 Å². The largest absolute Gasteiger partial charge is 0.491 e. The zero-order chi connectivity index (χ0) is 21.9. The van der Waals surface area contributed by atoms with Crippen LogP contribution in [-0.2, 0) is 4.74 Å². The number of ether oxygens (including phenoxy) is 2. The molecule has 0 aliphatic heterocycles. The molecule has 0 aliphatic carbocycles. The topological polar surface area (TPSA) is 88.7 Å². The Morgan fingerprint density at radius 3 is 2.40 bits per heavy atom. The summed E-state index contributed by atoms with van der Waals surface area (Å²) in [4.78, 5) is 24.5. The second kappa shape index (κ2) is 11.9. The van der Waals surface area contributed by atoms with Gasteiger partial charge in [0.05, 0.1) is 6.61 Å². The van der Waals surface area contributed by atoms with Crippen molar-refractivity contribution < 1.29 is 19.1 Å². The van der Waals surface area contributed by atoms with E-state index in [-0.39, 0.29) is 23.0 Å². The summed E-state index contributed by atoms with van der Waals surface area (Å²) in [5.41, 5.74) is 1.55. The maximum atomic E-state index is 12.4. The van der Waals surface area contributed by atoms with Crippen molar-refractivity contribution in [2.24, 2.45) is 0 Å². The standard InChI is InChI=1S/C22H27N3O4S/c1-4-28-12-13-29-19-10-8-16(9-11-19)20(26)25-22(30)24-18-7-5-6-17(14-18)21(27)23-15(2)3/h5-11,14-15H,4,12-13H2,1-3H3,(H,23,27)(H2,24,25,26,30). The molecule has 0 heterocycles. The molecule has 0 aromatic heterocycles. The van der Waals surface area contributed by atoms with Crippen LogP contribution in [-0.4, -0.2) is 42.8 Å². The number of hydrogen-bond acceptors (Lipinski definition) is 5. The number of hydrogen-bond donors (Lipinski definition) is 3. The van der Waals surface area contributed by atoms with E-state index in [1.54, 1.807) is 48.5 Å². The lowest BCUT2D eigenvalue weighted by Gasteiger charge is -2.12. The highest BCUT2D eigenvalue weighted by molar-refractivity contribution is 7.80. The van der Waals surface area contributed by atoms with E-state index in [1.165, 1.54) is 0 Å². The van der Waals surface area contributed by atoms with Gasteiger partial charge in [0.2, 0.25) is 0 Å². The monoisotopic (exact) mass is 429 g/mol. The molecule has 30 heavy (non-hydrogen) atoms. The lowest BCUT2D eigenvalue weighted by Crippen LogP contribution is -2.34. The molecule has 2 rings (SSSR count). The van der Waals surface area contributed by atoms with Crippen LogP contribution < -0.4 is 20.7 Å². The van der Waals surface area contributed by atoms with E-state index in [0.717, 1.165) is 0 Å². The van der Waals surface area contributed by atoms with Crippen molar-refractivity contribution >= 4 is 34.8 Å². The Kier molecular flexibility index (Phi) is 9.24. The third-order valence-corrected chi connectivity index (χ3v) is 4.05. The van der Waals surface area contributed by atoms with Crippen molar-refractivity contribution in [3.05, 3.63) is 59.7 Å². The first-order valence-corrected chi connectivity index (χ1v) is 10.1. The lowest BCUT2D eigenvalue weighted by molar-refractivity contribution is 0.0941. The van der Waals surface area contributed by atoms with Crippen LogP contribution in [0, 0.1) is 0 Å². The Balaban J connectivity index is 1.88. The van der Waals surface area contributed by atoms with E-state index in [1.807, 2.05) is 20.8 Å². The molecular formula is C22H27N3O4S. The molecule has 2 aromatic carbocycles. The number of thiocarbonyl (C=S) groups is 1. The fourth-order valence-corrected chi connectivity index (χ4v) is 2.70. The molecule has 3 N–H and O–H groups in total. The lowest BCUT2D eigenvalue weighted by atomic mass is 10.2. The minimum Gasteiger partial charge on any atom is -0.491 e. The highest BCUT2D eigenvalue weighted by atomic mass is 32.1. The van der Waals surface area contributed by atoms with Crippen LogP contribution in [0.2, 0.25) is 0 Å². The molecule has 0 spiro atoms. The third-order valence-electron chi connectivity index (χ3n) is 3.85. The van der Waals surface area contributed by atoms with Gasteiger partial charge in [0.15, 0.2) is 5.11 Å². The minimum atomic E-state index is -0.345. The Morgan fingerprint density at radius 1 is 1.00 bits per heavy atom. The van der Waals surface area contributed by atoms with Gasteiger partial charge in [-0.15, -0.1) is 0 Å². The fourth-order valence-electron chi connectivity index (χ4n) is 2.49. The molecule has 0 fully saturated rings. The van der Waals surface area contributed by atoms with E-state index >= 15 is 0 Å². The van der Waals surface area contributed by atoms with Gasteiger partial charge >= 0.3 is 0 Å². The molecule has 0 aliphatic rings. The average molecular weight is 430 g/mol. The van der Waals surface area contributed by atoms with Crippen molar-refractivity contribution in [3.63, 3.8) is 0 Å². The second-order valence-electron chi connectivity index (χ2n) is 6.69. The molecule has 8 heteroatoms. The zero-order valence-corrected chi connectivity index (χ0v) is 18.2. The molecule has 0 unspecified atom stereocenters. The van der Waals surface area contributed by atoms with Crippen LogP contribution in [0.15, 0.2) is 48.5 Å². The number of amides is 2. The maximum absolute atomic E-state index is 12.4. The Morgan fingerprint density at radius 2 is 1.73 bits per heavy atom. The highest BCUT2D eigenvalue weighted by Crippen LogP contribution is 2.13. The van der Waals surface area contributed by atoms with Crippen molar-refractivity contribution in [2.45, 2.75) is 26.8 Å². The summed E-state index contributed by atoms with van der Waals surface area (Å²) in [6.07, 6.45) is 0. The molecular weight excluding hydrogens is 402 g/mol. The normalized spacial score (nSPS) is 10.4. The molecule has 2 aromatic rings. The fraction of sp³-hybridized carbons (Fsp3) is 0.318. The van der Waals surface area contributed by atoms with Gasteiger partial charge in [0, 0.05) is 29.5 Å². The SMILES string of the molecule is CCOCCOc1ccc(C(=O)NC(=S)Nc2cccc(C(=O)NC(C)C)c2)cc1. The summed E-state index contributed by atoms with van der Waals surface area (Å²) in [7, 11) is 0. The number of carbonyl (C=O) groups is 2. The van der Waals surface area contributed by atoms with Crippen LogP contribution >= 0.6 is 12.2 Å². The molecule has 0 saturated carbocycles. The number of benzene rings is 2. The molecule has 7 nitrogen and oxygen atoms in total. The van der Waals surface area contributed by atoms with Gasteiger partial charge in [0.1, 0.15) is 12.4 Å². The number of rotatable bonds is 9. The van der Waals surface area contributed by atoms with Crippen molar-refractivity contribution in [1.29, 1.82) is 0 Å². The Bertz CT molecular complexity index is 869. The van der Waals surface area contributed by atoms with Crippen LogP contribution in [0.25, 0.3) is 0 Å². The summed E-state index contributed by atoms with van der Waals surface area (Å²) in [6, 6.07) is 13.7. The number of anilines is 1. The molecule has 0 bridgehead atoms. The van der Waals surface area contributed by atoms with E-state index in [0.29, 0.717) is 42.4 Å². The molecule has 0 radical (unpaired) electrons. The van der Waals surface area contributed by atoms with Crippen LogP contribution in [0.4, 0.5) is 5.69 Å². The molecule has 2 amide bonds. The van der Waals surface area contributed by atoms with Crippen LogP contribution in [0.3, 0.4) is 0 Å². The Hall–Kier alpha value is -2.97. The summed E-state index contributed by atoms with van der Waals surface area (Å²) in [6.45, 7) is 7.31. The van der Waals surface area contributed by atoms with Crippen molar-refractivity contribution in [1.82, 2.24) is 10.6 Å². The minimum absolute atomic E-state index is 0.0379. The molecule has 0 saturated heterocycles. The van der Waals surface area contributed by atoms with Crippen LogP contribution in [0.5, 0.6) is 5.75 Å². The maximum Gasteiger partial charge on any atom is 0.257 e. The van der Waals surface area contributed by atoms with Crippen LogP contribution in [0.1, 0.15) is 41.5 Å². The van der Waals surface area contributed by atoms with Gasteiger partial charge in [-0.05, 0) is 75.5 Å². The highest BCUT2D eigenvalue weighted by Gasteiger charge is 2.10. The molecule has 160 valence electrons. The van der Waals surface area contributed by atoms with Crippen molar-refractivity contribution in [3.8, 4) is 5.75 Å². The van der Waals surface area contributed by atoms with Crippen molar-refractivity contribution in [2.75, 3.05) is 25.1 Å². The van der Waals surface area contributed by atoms with E-state index in [2.05, 4.69) is 16.0 Å². The van der Waals surface area contributed by atoms with E-state index in [9.17, 15) is 9.59 Å². The quantitative estimate of drug-likeness (QED) is 0.418. The third kappa shape index (κ3) is 7.81. The predicted molar refractivity (Wildman–Crippen MR) is 121 cm³/mol. The summed E-state index contributed by atoms with van der Waals surface area (Å²) in [5, 5.41) is 8.52. The van der Waals surface area contributed by atoms with E-state index < -0.39 is 0 Å². The van der Waals surface area contributed by atoms with Gasteiger partial charge in [-0.3, -0.25) is 14.9 Å². The average Bonchev–Trinajstić information content (AvgIpc) is 2.71. The second-order valence-corrected chi connectivity index (χ2v) is 7.10. The molecule has 0 atom stereocenters. The number of carbonyl (C=O) groups excluding carboxylic acids is 2. The summed E-state index contributed by atoms with van der Waals surface area (Å²) >= 11 is 5.22. The number of nitrogens with one attached hydrogen (secondary N) is 3. The van der Waals surface area contributed by atoms with Gasteiger partial charge in [-0.2, -0.15) is 0 Å². The van der Waals surface area contributed by atoms with Gasteiger partial charge < -0.3 is 20.1 Å². The summed E-state index contributed by atoms with van der Waals surface area (Å²) in [5.74, 6) is 0.137. The Labute approximate surface area is 182 Å². The smallest absolute Gasteiger partial charge is 0.257 e. The van der Waals surface area contributed by atoms with Gasteiger partial charge in [0.25, 0.3) is 11.8 Å². The zero-order valence-electron chi connectivity index (χ0n) is 17.4. The summed E-state index contributed by atoms with van der Waals surface area (Å²) < 4.78 is 10.7. The first kappa shape index (κ1) is 23.3. The first-order valence-electron chi connectivity index (χ1n) is 9.73. The predicted octanol–water partition coefficient (Wildman–Crippen LogP) is 3.37. The first-order chi connectivity index (χ1) is 14.4. The van der Waals surface area contributed by atoms with E-state index in [4.69, 9.17) is 21.7 Å². The van der Waals surface area contributed by atoms with Gasteiger partial charge in [-0.25, -0.2) is 0 Å².